The van der Waals surface area contributed by atoms with Gasteiger partial charge in [-0.2, -0.15) is 0 Å². The van der Waals surface area contributed by atoms with Crippen molar-refractivity contribution in [3.63, 3.8) is 0 Å². The number of rotatable bonds is 6. The van der Waals surface area contributed by atoms with Gasteiger partial charge in [0.15, 0.2) is 5.58 Å². The summed E-state index contributed by atoms with van der Waals surface area (Å²) in [7, 11) is -2.12. The molecule has 0 atom stereocenters. The maximum atomic E-state index is 12.4. The number of benzene rings is 2. The first kappa shape index (κ1) is 17.2. The van der Waals surface area contributed by atoms with Crippen molar-refractivity contribution in [3.8, 4) is 5.75 Å². The Morgan fingerprint density at radius 2 is 1.88 bits per heavy atom. The van der Waals surface area contributed by atoms with Crippen molar-refractivity contribution in [1.29, 1.82) is 0 Å². The predicted octanol–water partition coefficient (Wildman–Crippen LogP) is 1.75. The van der Waals surface area contributed by atoms with Crippen LogP contribution in [0.2, 0.25) is 0 Å². The van der Waals surface area contributed by atoms with Gasteiger partial charge < -0.3 is 9.52 Å². The zero-order valence-electron chi connectivity index (χ0n) is 13.6. The summed E-state index contributed by atoms with van der Waals surface area (Å²) in [6.45, 7) is 0.278. The smallest absolute Gasteiger partial charge is 0.419 e. The van der Waals surface area contributed by atoms with E-state index in [1.54, 1.807) is 37.4 Å². The average molecular weight is 362 g/mol. The van der Waals surface area contributed by atoms with Crippen LogP contribution in [0.1, 0.15) is 12.0 Å². The Morgan fingerprint density at radius 1 is 1.16 bits per heavy atom. The number of aromatic hydroxyl groups is 1. The van der Waals surface area contributed by atoms with Gasteiger partial charge in [-0.15, -0.1) is 0 Å². The Hall–Kier alpha value is -2.58. The van der Waals surface area contributed by atoms with Gasteiger partial charge in [0.25, 0.3) is 0 Å². The molecule has 0 saturated carbocycles. The maximum Gasteiger partial charge on any atom is 0.419 e. The highest BCUT2D eigenvalue weighted by Crippen LogP contribution is 2.18. The van der Waals surface area contributed by atoms with Gasteiger partial charge in [-0.3, -0.25) is 4.57 Å². The van der Waals surface area contributed by atoms with Gasteiger partial charge in [0, 0.05) is 19.7 Å². The minimum atomic E-state index is -3.68. The van der Waals surface area contributed by atoms with E-state index in [1.165, 1.54) is 16.7 Å². The molecule has 1 heterocycles. The van der Waals surface area contributed by atoms with E-state index in [-0.39, 0.29) is 22.8 Å². The number of aromatic nitrogens is 1. The van der Waals surface area contributed by atoms with Crippen LogP contribution in [0.25, 0.3) is 11.1 Å². The molecule has 1 aromatic heterocycles. The van der Waals surface area contributed by atoms with Gasteiger partial charge >= 0.3 is 5.76 Å². The van der Waals surface area contributed by atoms with E-state index < -0.39 is 15.8 Å². The summed E-state index contributed by atoms with van der Waals surface area (Å²) in [6.07, 6.45) is 1.31. The first-order valence-corrected chi connectivity index (χ1v) is 9.22. The molecule has 2 N–H and O–H groups in total. The van der Waals surface area contributed by atoms with Crippen molar-refractivity contribution in [3.05, 3.63) is 58.6 Å². The standard InChI is InChI=1S/C17H18N2O5S/c1-19-15-9-8-14(11-16(15)24-17(19)21)25(22,23)18-10-2-3-12-4-6-13(20)7-5-12/h4-9,11,18,20H,2-3,10H2,1H3. The molecule has 7 nitrogen and oxygen atoms in total. The van der Waals surface area contributed by atoms with Crippen LogP contribution < -0.4 is 10.5 Å². The van der Waals surface area contributed by atoms with Gasteiger partial charge in [-0.05, 0) is 42.7 Å². The second-order valence-electron chi connectivity index (χ2n) is 5.72. The highest BCUT2D eigenvalue weighted by molar-refractivity contribution is 7.89. The summed E-state index contributed by atoms with van der Waals surface area (Å²) < 4.78 is 33.6. The first-order chi connectivity index (χ1) is 11.9. The molecule has 0 fully saturated rings. The number of oxazole rings is 1. The van der Waals surface area contributed by atoms with Crippen molar-refractivity contribution in [1.82, 2.24) is 9.29 Å². The normalized spacial score (nSPS) is 11.9. The van der Waals surface area contributed by atoms with Crippen LogP contribution >= 0.6 is 0 Å². The summed E-state index contributed by atoms with van der Waals surface area (Å²) in [6, 6.07) is 11.1. The monoisotopic (exact) mass is 362 g/mol. The number of hydrogen-bond acceptors (Lipinski definition) is 5. The van der Waals surface area contributed by atoms with Crippen molar-refractivity contribution >= 4 is 21.1 Å². The molecule has 0 spiro atoms. The lowest BCUT2D eigenvalue weighted by atomic mass is 10.1. The topological polar surface area (TPSA) is 102 Å². The lowest BCUT2D eigenvalue weighted by molar-refractivity contribution is 0.475. The third kappa shape index (κ3) is 3.75. The van der Waals surface area contributed by atoms with E-state index >= 15 is 0 Å². The fourth-order valence-electron chi connectivity index (χ4n) is 2.53. The molecular formula is C17H18N2O5S. The Bertz CT molecular complexity index is 1050. The van der Waals surface area contributed by atoms with Crippen molar-refractivity contribution in [2.24, 2.45) is 7.05 Å². The van der Waals surface area contributed by atoms with Crippen LogP contribution in [0.5, 0.6) is 5.75 Å². The number of nitrogens with one attached hydrogen (secondary N) is 1. The number of nitrogens with zero attached hydrogens (tertiary/aromatic N) is 1. The van der Waals surface area contributed by atoms with Crippen molar-refractivity contribution < 1.29 is 17.9 Å². The van der Waals surface area contributed by atoms with Crippen LogP contribution in [-0.4, -0.2) is 24.6 Å². The minimum absolute atomic E-state index is 0.0546. The molecule has 0 aliphatic rings. The summed E-state index contributed by atoms with van der Waals surface area (Å²) in [4.78, 5) is 11.5. The van der Waals surface area contributed by atoms with Gasteiger partial charge in [0.1, 0.15) is 5.75 Å². The molecule has 25 heavy (non-hydrogen) atoms. The van der Waals surface area contributed by atoms with Crippen LogP contribution in [-0.2, 0) is 23.5 Å². The van der Waals surface area contributed by atoms with E-state index in [0.717, 1.165) is 5.56 Å². The Labute approximate surface area is 144 Å². The average Bonchev–Trinajstić information content (AvgIpc) is 2.87. The van der Waals surface area contributed by atoms with Crippen LogP contribution in [0.3, 0.4) is 0 Å². The summed E-state index contributed by atoms with van der Waals surface area (Å²) in [5, 5.41) is 9.23. The molecule has 8 heteroatoms. The highest BCUT2D eigenvalue weighted by Gasteiger charge is 2.16. The zero-order chi connectivity index (χ0) is 18.0. The minimum Gasteiger partial charge on any atom is -0.508 e. The Balaban J connectivity index is 1.65. The second kappa shape index (κ2) is 6.73. The molecule has 3 aromatic rings. The Kier molecular flexibility index (Phi) is 4.65. The second-order valence-corrected chi connectivity index (χ2v) is 7.49. The molecule has 3 rings (SSSR count). The molecule has 0 aliphatic carbocycles. The largest absolute Gasteiger partial charge is 0.508 e. The first-order valence-electron chi connectivity index (χ1n) is 7.74. The number of aryl methyl sites for hydroxylation is 2. The summed E-state index contributed by atoms with van der Waals surface area (Å²) >= 11 is 0. The predicted molar refractivity (Wildman–Crippen MR) is 93.1 cm³/mol. The van der Waals surface area contributed by atoms with E-state index in [4.69, 9.17) is 4.42 Å². The molecule has 0 amide bonds. The lowest BCUT2D eigenvalue weighted by Gasteiger charge is -2.07. The number of phenols is 1. The lowest BCUT2D eigenvalue weighted by Crippen LogP contribution is -2.25. The van der Waals surface area contributed by atoms with Crippen LogP contribution in [0.4, 0.5) is 0 Å². The zero-order valence-corrected chi connectivity index (χ0v) is 14.4. The fraction of sp³-hybridized carbons (Fsp3) is 0.235. The van der Waals surface area contributed by atoms with Gasteiger partial charge in [-0.1, -0.05) is 12.1 Å². The third-order valence-electron chi connectivity index (χ3n) is 3.94. The van der Waals surface area contributed by atoms with E-state index in [2.05, 4.69) is 4.72 Å². The van der Waals surface area contributed by atoms with E-state index in [0.29, 0.717) is 18.4 Å². The van der Waals surface area contributed by atoms with Gasteiger partial charge in [0.05, 0.1) is 10.4 Å². The molecule has 132 valence electrons. The third-order valence-corrected chi connectivity index (χ3v) is 5.40. The molecule has 2 aromatic carbocycles. The van der Waals surface area contributed by atoms with Crippen molar-refractivity contribution in [2.75, 3.05) is 6.54 Å². The van der Waals surface area contributed by atoms with E-state index in [9.17, 15) is 18.3 Å². The van der Waals surface area contributed by atoms with Crippen LogP contribution in [0, 0.1) is 0 Å². The SMILES string of the molecule is Cn1c(=O)oc2cc(S(=O)(=O)NCCCc3ccc(O)cc3)ccc21. The molecule has 0 bridgehead atoms. The molecular weight excluding hydrogens is 344 g/mol. The number of sulfonamides is 1. The van der Waals surface area contributed by atoms with Crippen molar-refractivity contribution in [2.45, 2.75) is 17.7 Å². The molecule has 0 unspecified atom stereocenters. The summed E-state index contributed by atoms with van der Waals surface area (Å²) in [5.41, 5.74) is 1.79. The quantitative estimate of drug-likeness (QED) is 0.651. The Morgan fingerprint density at radius 3 is 2.60 bits per heavy atom. The fourth-order valence-corrected chi connectivity index (χ4v) is 3.62. The number of hydrogen-bond donors (Lipinski definition) is 2. The van der Waals surface area contributed by atoms with Gasteiger partial charge in [-0.25, -0.2) is 17.9 Å². The molecule has 0 radical (unpaired) electrons. The highest BCUT2D eigenvalue weighted by atomic mass is 32.2. The number of phenolic OH excluding ortho intramolecular Hbond substituents is 1. The maximum absolute atomic E-state index is 12.4. The molecule has 0 saturated heterocycles. The molecule has 0 aliphatic heterocycles. The number of fused-ring (bicyclic) bond motifs is 1. The van der Waals surface area contributed by atoms with Gasteiger partial charge in [0.2, 0.25) is 10.0 Å². The summed E-state index contributed by atoms with van der Waals surface area (Å²) in [5.74, 6) is -0.334. The van der Waals surface area contributed by atoms with E-state index in [1.807, 2.05) is 0 Å². The van der Waals surface area contributed by atoms with Crippen LogP contribution in [0.15, 0.2) is 56.6 Å².